The number of para-hydroxylation sites is 1. The van der Waals surface area contributed by atoms with Crippen molar-refractivity contribution in [2.45, 2.75) is 37.4 Å². The summed E-state index contributed by atoms with van der Waals surface area (Å²) in [5, 5.41) is 16.7. The van der Waals surface area contributed by atoms with Gasteiger partial charge in [-0.2, -0.15) is 0 Å². The minimum absolute atomic E-state index is 0.0183. The van der Waals surface area contributed by atoms with Crippen LogP contribution in [0.2, 0.25) is 0 Å². The molecule has 0 aliphatic carbocycles. The number of unbranched alkanes of at least 4 members (excludes halogenated alkanes) is 2. The first-order valence-corrected chi connectivity index (χ1v) is 12.9. The average Bonchev–Trinajstić information content (AvgIpc) is 3.24. The molecule has 1 aromatic rings. The Balaban J connectivity index is 1.29. The summed E-state index contributed by atoms with van der Waals surface area (Å²) in [5.74, 6) is 1.01. The molecule has 29 heavy (non-hydrogen) atoms. The number of carbonyl (C=O) groups is 1. The smallest absolute Gasteiger partial charge is 0.255 e. The number of benzene rings is 1. The van der Waals surface area contributed by atoms with Gasteiger partial charge >= 0.3 is 0 Å². The second-order valence-electron chi connectivity index (χ2n) is 6.93. The number of phenolic OH excluding ortho intramolecular Hbond substituents is 1. The summed E-state index contributed by atoms with van der Waals surface area (Å²) in [5.41, 5.74) is 0.273. The molecule has 1 aromatic carbocycles. The summed E-state index contributed by atoms with van der Waals surface area (Å²) in [6.45, 7) is 4.47. The van der Waals surface area contributed by atoms with Crippen molar-refractivity contribution in [3.8, 4) is 5.75 Å². The molecular weight excluding hydrogens is 408 g/mol. The fourth-order valence-corrected chi connectivity index (χ4v) is 5.98. The Morgan fingerprint density at radius 3 is 2.59 bits per heavy atom. The van der Waals surface area contributed by atoms with Gasteiger partial charge in [-0.1, -0.05) is 46.6 Å². The molecule has 8 heteroatoms. The molecule has 0 aromatic heterocycles. The molecule has 1 aliphatic heterocycles. The van der Waals surface area contributed by atoms with Crippen molar-refractivity contribution in [1.29, 1.82) is 0 Å². The number of rotatable bonds is 16. The minimum Gasteiger partial charge on any atom is -0.507 e. The summed E-state index contributed by atoms with van der Waals surface area (Å²) in [6.07, 6.45) is 6.66. The molecule has 0 saturated carbocycles. The standard InChI is InChI=1S/C21H34N2O4S2/c24-20-8-4-3-7-19(20)21(25)23-12-14-27-16-15-26-13-11-22-10-5-1-2-6-18-9-17-28-29-18/h3-4,7-8,18,22,24H,1-2,5-6,9-17H2,(H,23,25). The number of carbonyl (C=O) groups excluding carboxylic acids is 1. The van der Waals surface area contributed by atoms with Crippen molar-refractivity contribution >= 4 is 27.5 Å². The van der Waals surface area contributed by atoms with Gasteiger partial charge in [0.2, 0.25) is 0 Å². The van der Waals surface area contributed by atoms with E-state index in [4.69, 9.17) is 9.47 Å². The van der Waals surface area contributed by atoms with E-state index in [0.717, 1.165) is 18.3 Å². The van der Waals surface area contributed by atoms with Gasteiger partial charge in [0.1, 0.15) is 5.75 Å². The molecular formula is C21H34N2O4S2. The molecule has 1 aliphatic rings. The Morgan fingerprint density at radius 1 is 1.03 bits per heavy atom. The summed E-state index contributed by atoms with van der Waals surface area (Å²) >= 11 is 0. The largest absolute Gasteiger partial charge is 0.507 e. The highest BCUT2D eigenvalue weighted by Crippen LogP contribution is 2.39. The van der Waals surface area contributed by atoms with Crippen molar-refractivity contribution in [1.82, 2.24) is 10.6 Å². The Hall–Kier alpha value is -0.930. The highest BCUT2D eigenvalue weighted by molar-refractivity contribution is 8.77. The van der Waals surface area contributed by atoms with Crippen LogP contribution in [0.15, 0.2) is 24.3 Å². The molecule has 3 N–H and O–H groups in total. The van der Waals surface area contributed by atoms with Crippen LogP contribution in [0.4, 0.5) is 0 Å². The van der Waals surface area contributed by atoms with Crippen LogP contribution in [-0.2, 0) is 9.47 Å². The highest BCUT2D eigenvalue weighted by Gasteiger charge is 2.15. The third-order valence-corrected chi connectivity index (χ3v) is 7.59. The lowest BCUT2D eigenvalue weighted by Gasteiger charge is -2.09. The molecule has 1 saturated heterocycles. The van der Waals surface area contributed by atoms with E-state index >= 15 is 0 Å². The second kappa shape index (κ2) is 15.8. The molecule has 164 valence electrons. The lowest BCUT2D eigenvalue weighted by Crippen LogP contribution is -2.27. The van der Waals surface area contributed by atoms with E-state index in [0.29, 0.717) is 33.0 Å². The Morgan fingerprint density at radius 2 is 1.83 bits per heavy atom. The fourth-order valence-electron chi connectivity index (χ4n) is 2.95. The average molecular weight is 443 g/mol. The topological polar surface area (TPSA) is 79.8 Å². The summed E-state index contributed by atoms with van der Waals surface area (Å²) in [4.78, 5) is 11.9. The maximum absolute atomic E-state index is 11.9. The van der Waals surface area contributed by atoms with Crippen molar-refractivity contribution in [3.63, 3.8) is 0 Å². The van der Waals surface area contributed by atoms with E-state index in [1.165, 1.54) is 43.9 Å². The summed E-state index contributed by atoms with van der Waals surface area (Å²) in [7, 11) is 4.10. The molecule has 2 rings (SSSR count). The van der Waals surface area contributed by atoms with Crippen molar-refractivity contribution in [3.05, 3.63) is 29.8 Å². The maximum Gasteiger partial charge on any atom is 0.255 e. The van der Waals surface area contributed by atoms with Crippen LogP contribution in [0.1, 0.15) is 42.5 Å². The predicted octanol–water partition coefficient (Wildman–Crippen LogP) is 3.46. The first-order valence-electron chi connectivity index (χ1n) is 10.5. The number of aromatic hydroxyl groups is 1. The van der Waals surface area contributed by atoms with E-state index in [1.807, 2.05) is 10.8 Å². The van der Waals surface area contributed by atoms with Crippen molar-refractivity contribution in [2.75, 3.05) is 51.8 Å². The van der Waals surface area contributed by atoms with Gasteiger partial charge in [-0.15, -0.1) is 0 Å². The Labute approximate surface area is 182 Å². The third kappa shape index (κ3) is 11.1. The van der Waals surface area contributed by atoms with Crippen LogP contribution < -0.4 is 10.6 Å². The predicted molar refractivity (Wildman–Crippen MR) is 122 cm³/mol. The zero-order valence-electron chi connectivity index (χ0n) is 17.1. The van der Waals surface area contributed by atoms with E-state index in [1.54, 1.807) is 18.2 Å². The SMILES string of the molecule is O=C(NCCOCCOCCNCCCCCC1CCSS1)c1ccccc1O. The van der Waals surface area contributed by atoms with Gasteiger partial charge in [0.15, 0.2) is 0 Å². The molecule has 0 radical (unpaired) electrons. The van der Waals surface area contributed by atoms with Gasteiger partial charge in [-0.25, -0.2) is 0 Å². The monoisotopic (exact) mass is 442 g/mol. The molecule has 0 bridgehead atoms. The normalized spacial score (nSPS) is 16.2. The zero-order valence-corrected chi connectivity index (χ0v) is 18.7. The Bertz CT molecular complexity index is 571. The van der Waals surface area contributed by atoms with E-state index in [9.17, 15) is 9.90 Å². The fraction of sp³-hybridized carbons (Fsp3) is 0.667. The summed E-state index contributed by atoms with van der Waals surface area (Å²) < 4.78 is 11.0. The maximum atomic E-state index is 11.9. The van der Waals surface area contributed by atoms with Crippen LogP contribution in [0.3, 0.4) is 0 Å². The first kappa shape index (κ1) is 24.3. The van der Waals surface area contributed by atoms with Gasteiger partial charge < -0.3 is 25.2 Å². The van der Waals surface area contributed by atoms with E-state index in [-0.39, 0.29) is 17.2 Å². The molecule has 6 nitrogen and oxygen atoms in total. The van der Waals surface area contributed by atoms with Crippen molar-refractivity contribution < 1.29 is 19.4 Å². The third-order valence-electron chi connectivity index (χ3n) is 4.58. The molecule has 1 heterocycles. The van der Waals surface area contributed by atoms with Gasteiger partial charge in [0.05, 0.1) is 32.0 Å². The Kier molecular flexibility index (Phi) is 13.3. The van der Waals surface area contributed by atoms with E-state index < -0.39 is 0 Å². The first-order chi connectivity index (χ1) is 14.3. The number of hydrogen-bond acceptors (Lipinski definition) is 7. The van der Waals surface area contributed by atoms with Gasteiger partial charge in [0, 0.05) is 24.1 Å². The number of nitrogens with one attached hydrogen (secondary N) is 2. The molecule has 1 atom stereocenters. The highest BCUT2D eigenvalue weighted by atomic mass is 33.1. The molecule has 1 unspecified atom stereocenters. The summed E-state index contributed by atoms with van der Waals surface area (Å²) in [6, 6.07) is 6.48. The van der Waals surface area contributed by atoms with E-state index in [2.05, 4.69) is 21.4 Å². The number of hydrogen-bond donors (Lipinski definition) is 3. The number of amides is 1. The van der Waals surface area contributed by atoms with Crippen LogP contribution in [0.25, 0.3) is 0 Å². The molecule has 0 spiro atoms. The van der Waals surface area contributed by atoms with Crippen LogP contribution in [0.5, 0.6) is 5.75 Å². The minimum atomic E-state index is -0.301. The van der Waals surface area contributed by atoms with Crippen molar-refractivity contribution in [2.24, 2.45) is 0 Å². The van der Waals surface area contributed by atoms with Crippen LogP contribution >= 0.6 is 21.6 Å². The molecule has 1 amide bonds. The van der Waals surface area contributed by atoms with Gasteiger partial charge in [0.25, 0.3) is 5.91 Å². The van der Waals surface area contributed by atoms with Crippen LogP contribution in [0, 0.1) is 0 Å². The number of phenols is 1. The lowest BCUT2D eigenvalue weighted by molar-refractivity contribution is 0.0493. The lowest BCUT2D eigenvalue weighted by atomic mass is 10.1. The zero-order chi connectivity index (χ0) is 20.6. The van der Waals surface area contributed by atoms with Crippen LogP contribution in [-0.4, -0.2) is 68.1 Å². The quantitative estimate of drug-likeness (QED) is 0.267. The van der Waals surface area contributed by atoms with Gasteiger partial charge in [-0.3, -0.25) is 4.79 Å². The molecule has 1 fully saturated rings. The van der Waals surface area contributed by atoms with Gasteiger partial charge in [-0.05, 0) is 37.9 Å². The number of ether oxygens (including phenoxy) is 2. The second-order valence-corrected chi connectivity index (χ2v) is 9.71.